The molecule has 0 spiro atoms. The molecule has 0 aromatic heterocycles. The predicted molar refractivity (Wildman–Crippen MR) is 83.7 cm³/mol. The molecule has 0 radical (unpaired) electrons. The Morgan fingerprint density at radius 1 is 1.24 bits per heavy atom. The summed E-state index contributed by atoms with van der Waals surface area (Å²) >= 11 is 0. The minimum absolute atomic E-state index is 0.279. The van der Waals surface area contributed by atoms with Gasteiger partial charge in [0, 0.05) is 45.3 Å². The molecule has 1 N–H and O–H groups in total. The van der Waals surface area contributed by atoms with Gasteiger partial charge in [-0.2, -0.15) is 5.26 Å². The van der Waals surface area contributed by atoms with E-state index in [2.05, 4.69) is 58.4 Å². The lowest BCUT2D eigenvalue weighted by molar-refractivity contribution is 0.0837. The molecule has 4 heteroatoms. The molecule has 0 bridgehead atoms. The zero-order valence-electron chi connectivity index (χ0n) is 12.8. The second kappa shape index (κ2) is 6.15. The van der Waals surface area contributed by atoms with Crippen LogP contribution >= 0.6 is 0 Å². The average Bonchev–Trinajstić information content (AvgIpc) is 2.87. The Morgan fingerprint density at radius 2 is 1.95 bits per heavy atom. The molecule has 2 heterocycles. The molecular weight excluding hydrogens is 260 g/mol. The largest absolute Gasteiger partial charge is 0.314 e. The first-order chi connectivity index (χ1) is 10.3. The lowest BCUT2D eigenvalue weighted by atomic mass is 9.90. The minimum atomic E-state index is -0.309. The van der Waals surface area contributed by atoms with Gasteiger partial charge in [0.1, 0.15) is 5.54 Å². The molecule has 112 valence electrons. The van der Waals surface area contributed by atoms with Crippen LogP contribution < -0.4 is 5.32 Å². The van der Waals surface area contributed by atoms with Crippen LogP contribution in [0.15, 0.2) is 30.3 Å². The molecule has 0 aliphatic carbocycles. The molecule has 2 saturated heterocycles. The highest BCUT2D eigenvalue weighted by Gasteiger charge is 2.49. The molecule has 1 aromatic rings. The van der Waals surface area contributed by atoms with Gasteiger partial charge >= 0.3 is 0 Å². The number of nitrogens with one attached hydrogen (secondary N) is 1. The molecular formula is C17H24N4. The van der Waals surface area contributed by atoms with Crippen molar-refractivity contribution in [3.05, 3.63) is 35.9 Å². The van der Waals surface area contributed by atoms with Gasteiger partial charge in [0.25, 0.3) is 0 Å². The summed E-state index contributed by atoms with van der Waals surface area (Å²) in [6.45, 7) is 8.13. The summed E-state index contributed by atoms with van der Waals surface area (Å²) in [6.07, 6.45) is 0.956. The molecule has 2 unspecified atom stereocenters. The van der Waals surface area contributed by atoms with E-state index in [1.54, 1.807) is 0 Å². The van der Waals surface area contributed by atoms with Gasteiger partial charge in [0.2, 0.25) is 0 Å². The van der Waals surface area contributed by atoms with Crippen molar-refractivity contribution in [3.63, 3.8) is 0 Å². The van der Waals surface area contributed by atoms with Crippen LogP contribution in [0.5, 0.6) is 0 Å². The summed E-state index contributed by atoms with van der Waals surface area (Å²) in [5, 5.41) is 13.3. The van der Waals surface area contributed by atoms with Crippen molar-refractivity contribution in [2.75, 3.05) is 32.7 Å². The number of nitriles is 1. The van der Waals surface area contributed by atoms with Gasteiger partial charge < -0.3 is 5.32 Å². The Hall–Kier alpha value is -1.41. The Balaban J connectivity index is 1.74. The first kappa shape index (κ1) is 14.5. The standard InChI is InChI=1S/C17H24N4/c1-15-17(14-18,21-11-8-19-9-12-21)7-10-20(15)13-16-5-3-2-4-6-16/h2-6,15,19H,7-13H2,1H3. The Labute approximate surface area is 127 Å². The summed E-state index contributed by atoms with van der Waals surface area (Å²) in [5.74, 6) is 0. The molecule has 2 atom stereocenters. The lowest BCUT2D eigenvalue weighted by Gasteiger charge is -2.42. The fourth-order valence-electron chi connectivity index (χ4n) is 3.76. The highest BCUT2D eigenvalue weighted by atomic mass is 15.3. The number of likely N-dealkylation sites (tertiary alicyclic amines) is 1. The van der Waals surface area contributed by atoms with Gasteiger partial charge in [-0.05, 0) is 18.9 Å². The molecule has 3 rings (SSSR count). The maximum atomic E-state index is 9.88. The molecule has 2 aliphatic rings. The molecule has 2 fully saturated rings. The quantitative estimate of drug-likeness (QED) is 0.912. The first-order valence-corrected chi connectivity index (χ1v) is 7.91. The van der Waals surface area contributed by atoms with Crippen molar-refractivity contribution in [3.8, 4) is 6.07 Å². The third kappa shape index (κ3) is 2.69. The zero-order chi connectivity index (χ0) is 14.7. The van der Waals surface area contributed by atoms with Crippen LogP contribution in [0.4, 0.5) is 0 Å². The summed E-state index contributed by atoms with van der Waals surface area (Å²) in [5.41, 5.74) is 1.02. The predicted octanol–water partition coefficient (Wildman–Crippen LogP) is 1.45. The second-order valence-corrected chi connectivity index (χ2v) is 6.16. The van der Waals surface area contributed by atoms with Crippen LogP contribution in [0.3, 0.4) is 0 Å². The smallest absolute Gasteiger partial charge is 0.125 e. The van der Waals surface area contributed by atoms with E-state index in [0.717, 1.165) is 45.7 Å². The Kier molecular flexibility index (Phi) is 4.25. The van der Waals surface area contributed by atoms with Gasteiger partial charge in [0.05, 0.1) is 6.07 Å². The first-order valence-electron chi connectivity index (χ1n) is 7.91. The minimum Gasteiger partial charge on any atom is -0.314 e. The van der Waals surface area contributed by atoms with Crippen molar-refractivity contribution in [1.82, 2.24) is 15.1 Å². The molecule has 0 saturated carbocycles. The second-order valence-electron chi connectivity index (χ2n) is 6.16. The number of piperazine rings is 1. The van der Waals surface area contributed by atoms with Crippen molar-refractivity contribution in [2.45, 2.75) is 31.5 Å². The van der Waals surface area contributed by atoms with Gasteiger partial charge in [-0.25, -0.2) is 0 Å². The fraction of sp³-hybridized carbons (Fsp3) is 0.588. The van der Waals surface area contributed by atoms with Crippen LogP contribution in [0.25, 0.3) is 0 Å². The highest BCUT2D eigenvalue weighted by Crippen LogP contribution is 2.34. The third-order valence-corrected chi connectivity index (χ3v) is 5.12. The van der Waals surface area contributed by atoms with E-state index in [0.29, 0.717) is 0 Å². The maximum Gasteiger partial charge on any atom is 0.125 e. The van der Waals surface area contributed by atoms with Crippen molar-refractivity contribution in [1.29, 1.82) is 5.26 Å². The lowest BCUT2D eigenvalue weighted by Crippen LogP contribution is -2.60. The van der Waals surface area contributed by atoms with E-state index < -0.39 is 0 Å². The normalized spacial score (nSPS) is 31.1. The third-order valence-electron chi connectivity index (χ3n) is 5.12. The van der Waals surface area contributed by atoms with Gasteiger partial charge in [-0.3, -0.25) is 9.80 Å². The topological polar surface area (TPSA) is 42.3 Å². The molecule has 2 aliphatic heterocycles. The van der Waals surface area contributed by atoms with E-state index in [4.69, 9.17) is 0 Å². The van der Waals surface area contributed by atoms with Crippen LogP contribution in [0.2, 0.25) is 0 Å². The summed E-state index contributed by atoms with van der Waals surface area (Å²) in [4.78, 5) is 4.86. The van der Waals surface area contributed by atoms with Crippen LogP contribution in [-0.2, 0) is 6.54 Å². The van der Waals surface area contributed by atoms with E-state index in [-0.39, 0.29) is 11.6 Å². The fourth-order valence-corrected chi connectivity index (χ4v) is 3.76. The Bertz CT molecular complexity index is 503. The van der Waals surface area contributed by atoms with Crippen molar-refractivity contribution in [2.24, 2.45) is 0 Å². The number of rotatable bonds is 3. The number of nitrogens with zero attached hydrogens (tertiary/aromatic N) is 3. The van der Waals surface area contributed by atoms with Gasteiger partial charge in [-0.1, -0.05) is 30.3 Å². The van der Waals surface area contributed by atoms with E-state index >= 15 is 0 Å². The SMILES string of the molecule is CC1N(Cc2ccccc2)CCC1(C#N)N1CCNCC1. The average molecular weight is 284 g/mol. The Morgan fingerprint density at radius 3 is 2.62 bits per heavy atom. The van der Waals surface area contributed by atoms with E-state index in [9.17, 15) is 5.26 Å². The van der Waals surface area contributed by atoms with Gasteiger partial charge in [0.15, 0.2) is 0 Å². The van der Waals surface area contributed by atoms with Crippen LogP contribution in [-0.4, -0.2) is 54.1 Å². The van der Waals surface area contributed by atoms with Crippen LogP contribution in [0.1, 0.15) is 18.9 Å². The van der Waals surface area contributed by atoms with Crippen molar-refractivity contribution >= 4 is 0 Å². The summed E-state index contributed by atoms with van der Waals surface area (Å²) < 4.78 is 0. The summed E-state index contributed by atoms with van der Waals surface area (Å²) in [7, 11) is 0. The maximum absolute atomic E-state index is 9.88. The molecule has 21 heavy (non-hydrogen) atoms. The monoisotopic (exact) mass is 284 g/mol. The van der Waals surface area contributed by atoms with Crippen LogP contribution in [0, 0.1) is 11.3 Å². The van der Waals surface area contributed by atoms with E-state index in [1.165, 1.54) is 5.56 Å². The molecule has 4 nitrogen and oxygen atoms in total. The van der Waals surface area contributed by atoms with Crippen molar-refractivity contribution < 1.29 is 0 Å². The summed E-state index contributed by atoms with van der Waals surface area (Å²) in [6, 6.07) is 13.5. The number of benzene rings is 1. The molecule has 0 amide bonds. The number of hydrogen-bond donors (Lipinski definition) is 1. The number of hydrogen-bond acceptors (Lipinski definition) is 4. The molecule has 1 aromatic carbocycles. The van der Waals surface area contributed by atoms with E-state index in [1.807, 2.05) is 0 Å². The zero-order valence-corrected chi connectivity index (χ0v) is 12.8. The highest BCUT2D eigenvalue weighted by molar-refractivity contribution is 5.21. The van der Waals surface area contributed by atoms with Gasteiger partial charge in [-0.15, -0.1) is 0 Å².